The highest BCUT2D eigenvalue weighted by atomic mass is 33.1. The van der Waals surface area contributed by atoms with Gasteiger partial charge in [-0.3, -0.25) is 4.79 Å². The molecule has 1 aliphatic rings. The largest absolute Gasteiger partial charge is 0.466 e. The number of hydrogen-bond acceptors (Lipinski definition) is 4. The summed E-state index contributed by atoms with van der Waals surface area (Å²) in [7, 11) is 3.99. The molecular formula is C14H28O2S2. The van der Waals surface area contributed by atoms with Crippen LogP contribution in [0.2, 0.25) is 0 Å². The normalized spacial score (nSPS) is 22.2. The first-order valence-corrected chi connectivity index (χ1v) is 9.36. The topological polar surface area (TPSA) is 26.3 Å². The monoisotopic (exact) mass is 292 g/mol. The zero-order valence-corrected chi connectivity index (χ0v) is 13.9. The molecule has 1 heterocycles. The maximum Gasteiger partial charge on any atom is 0.305 e. The maximum absolute atomic E-state index is 11.1. The van der Waals surface area contributed by atoms with Crippen LogP contribution in [0.4, 0.5) is 0 Å². The van der Waals surface area contributed by atoms with Crippen LogP contribution < -0.4 is 0 Å². The van der Waals surface area contributed by atoms with Gasteiger partial charge in [-0.25, -0.2) is 0 Å². The van der Waals surface area contributed by atoms with Crippen molar-refractivity contribution in [2.45, 2.75) is 71.0 Å². The van der Waals surface area contributed by atoms with E-state index in [-0.39, 0.29) is 5.97 Å². The Hall–Kier alpha value is 0.170. The van der Waals surface area contributed by atoms with E-state index in [1.807, 2.05) is 28.5 Å². The molecule has 0 spiro atoms. The van der Waals surface area contributed by atoms with Crippen LogP contribution in [0.1, 0.15) is 66.2 Å². The predicted molar refractivity (Wildman–Crippen MR) is 84.1 cm³/mol. The number of carbonyl (C=O) groups excluding carboxylic acids is 1. The standard InChI is InChI=1S/C11H20O2S2.C3H8/c1-3-13-10(12)6-4-5-7-11(2)8-9-14-15-11;1-3-2/h3-9H2,1-2H3;3H2,1-2H3/t11-;/m1./s1. The fourth-order valence-electron chi connectivity index (χ4n) is 1.65. The summed E-state index contributed by atoms with van der Waals surface area (Å²) in [6.07, 6.45) is 6.48. The average molecular weight is 293 g/mol. The molecule has 0 radical (unpaired) electrons. The first-order valence-electron chi connectivity index (χ1n) is 7.04. The SMILES string of the molecule is CCC.CCOC(=O)CCCC[C@]1(C)CCSS1. The summed E-state index contributed by atoms with van der Waals surface area (Å²) in [4.78, 5) is 11.1. The van der Waals surface area contributed by atoms with Gasteiger partial charge in [0, 0.05) is 16.9 Å². The Bertz CT molecular complexity index is 214. The summed E-state index contributed by atoms with van der Waals surface area (Å²) >= 11 is 0. The summed E-state index contributed by atoms with van der Waals surface area (Å²) in [5.41, 5.74) is 0. The average Bonchev–Trinajstić information content (AvgIpc) is 2.74. The van der Waals surface area contributed by atoms with Crippen LogP contribution in [0.15, 0.2) is 0 Å². The van der Waals surface area contributed by atoms with Crippen molar-refractivity contribution in [2.75, 3.05) is 12.4 Å². The van der Waals surface area contributed by atoms with Crippen molar-refractivity contribution in [3.8, 4) is 0 Å². The van der Waals surface area contributed by atoms with Crippen LogP contribution in [0.3, 0.4) is 0 Å². The summed E-state index contributed by atoms with van der Waals surface area (Å²) in [5.74, 6) is 1.23. The summed E-state index contributed by atoms with van der Waals surface area (Å²) in [6, 6.07) is 0. The van der Waals surface area contributed by atoms with Gasteiger partial charge in [-0.1, -0.05) is 48.3 Å². The minimum atomic E-state index is -0.0453. The minimum absolute atomic E-state index is 0.0453. The van der Waals surface area contributed by atoms with Crippen LogP contribution in [-0.2, 0) is 9.53 Å². The molecule has 0 saturated carbocycles. The molecule has 1 rings (SSSR count). The molecule has 4 heteroatoms. The van der Waals surface area contributed by atoms with E-state index in [4.69, 9.17) is 4.74 Å². The van der Waals surface area contributed by atoms with Crippen molar-refractivity contribution < 1.29 is 9.53 Å². The van der Waals surface area contributed by atoms with Gasteiger partial charge in [0.25, 0.3) is 0 Å². The minimum Gasteiger partial charge on any atom is -0.466 e. The Labute approximate surface area is 120 Å². The van der Waals surface area contributed by atoms with E-state index in [2.05, 4.69) is 20.8 Å². The lowest BCUT2D eigenvalue weighted by Gasteiger charge is -2.20. The van der Waals surface area contributed by atoms with Crippen LogP contribution in [0.5, 0.6) is 0 Å². The third kappa shape index (κ3) is 9.15. The second-order valence-electron chi connectivity index (χ2n) is 4.82. The van der Waals surface area contributed by atoms with Crippen molar-refractivity contribution in [1.82, 2.24) is 0 Å². The van der Waals surface area contributed by atoms with Crippen LogP contribution in [0, 0.1) is 0 Å². The molecule has 1 fully saturated rings. The zero-order valence-electron chi connectivity index (χ0n) is 12.3. The van der Waals surface area contributed by atoms with E-state index in [0.29, 0.717) is 17.8 Å². The van der Waals surface area contributed by atoms with Gasteiger partial charge in [-0.2, -0.15) is 0 Å². The molecule has 0 bridgehead atoms. The molecule has 0 aromatic carbocycles. The van der Waals surface area contributed by atoms with E-state index in [0.717, 1.165) is 12.8 Å². The second kappa shape index (κ2) is 11.0. The van der Waals surface area contributed by atoms with E-state index in [1.54, 1.807) is 0 Å². The Balaban J connectivity index is 0.000000873. The highest BCUT2D eigenvalue weighted by molar-refractivity contribution is 8.77. The first kappa shape index (κ1) is 18.2. The van der Waals surface area contributed by atoms with E-state index < -0.39 is 0 Å². The number of carbonyl (C=O) groups is 1. The van der Waals surface area contributed by atoms with Gasteiger partial charge < -0.3 is 4.74 Å². The molecule has 0 unspecified atom stereocenters. The third-order valence-electron chi connectivity index (χ3n) is 2.62. The summed E-state index contributed by atoms with van der Waals surface area (Å²) < 4.78 is 5.35. The number of hydrogen-bond donors (Lipinski definition) is 0. The van der Waals surface area contributed by atoms with Gasteiger partial charge in [0.05, 0.1) is 6.61 Å². The van der Waals surface area contributed by atoms with Gasteiger partial charge in [0.15, 0.2) is 0 Å². The second-order valence-corrected chi connectivity index (χ2v) is 7.83. The van der Waals surface area contributed by atoms with E-state index >= 15 is 0 Å². The van der Waals surface area contributed by atoms with Gasteiger partial charge >= 0.3 is 5.97 Å². The molecular weight excluding hydrogens is 264 g/mol. The fraction of sp³-hybridized carbons (Fsp3) is 0.929. The smallest absolute Gasteiger partial charge is 0.305 e. The molecule has 1 aliphatic heterocycles. The molecule has 18 heavy (non-hydrogen) atoms. The lowest BCUT2D eigenvalue weighted by molar-refractivity contribution is -0.143. The van der Waals surface area contributed by atoms with E-state index in [9.17, 15) is 4.79 Å². The Morgan fingerprint density at radius 1 is 1.28 bits per heavy atom. The molecule has 0 amide bonds. The predicted octanol–water partition coefficient (Wildman–Crippen LogP) is 5.07. The zero-order chi connectivity index (χ0) is 13.9. The molecule has 0 N–H and O–H groups in total. The molecule has 0 aromatic heterocycles. The highest BCUT2D eigenvalue weighted by Gasteiger charge is 2.29. The lowest BCUT2D eigenvalue weighted by atomic mass is 9.99. The van der Waals surface area contributed by atoms with Gasteiger partial charge in [0.1, 0.15) is 0 Å². The third-order valence-corrected chi connectivity index (χ3v) is 5.98. The number of esters is 1. The summed E-state index contributed by atoms with van der Waals surface area (Å²) in [5, 5.41) is 0. The summed E-state index contributed by atoms with van der Waals surface area (Å²) in [6.45, 7) is 8.94. The van der Waals surface area contributed by atoms with Crippen molar-refractivity contribution in [1.29, 1.82) is 0 Å². The maximum atomic E-state index is 11.1. The Morgan fingerprint density at radius 2 is 1.94 bits per heavy atom. The Kier molecular flexibility index (Phi) is 11.1. The number of rotatable bonds is 6. The van der Waals surface area contributed by atoms with Gasteiger partial charge in [-0.05, 0) is 33.1 Å². The molecule has 1 atom stereocenters. The first-order chi connectivity index (χ1) is 8.58. The fourth-order valence-corrected chi connectivity index (χ4v) is 4.95. The Morgan fingerprint density at radius 3 is 2.44 bits per heavy atom. The van der Waals surface area contributed by atoms with Crippen molar-refractivity contribution in [2.24, 2.45) is 0 Å². The van der Waals surface area contributed by atoms with Crippen molar-refractivity contribution in [3.63, 3.8) is 0 Å². The molecule has 2 nitrogen and oxygen atoms in total. The molecule has 0 aliphatic carbocycles. The van der Waals surface area contributed by atoms with Crippen LogP contribution in [0.25, 0.3) is 0 Å². The number of ether oxygens (including phenoxy) is 1. The lowest BCUT2D eigenvalue weighted by Crippen LogP contribution is -2.15. The van der Waals surface area contributed by atoms with Gasteiger partial charge in [-0.15, -0.1) is 0 Å². The van der Waals surface area contributed by atoms with E-state index in [1.165, 1.54) is 25.0 Å². The highest BCUT2D eigenvalue weighted by Crippen LogP contribution is 2.49. The molecule has 108 valence electrons. The number of unbranched alkanes of at least 4 members (excludes halogenated alkanes) is 1. The molecule has 1 saturated heterocycles. The molecule has 0 aromatic rings. The van der Waals surface area contributed by atoms with Crippen LogP contribution >= 0.6 is 21.6 Å². The van der Waals surface area contributed by atoms with Crippen LogP contribution in [-0.4, -0.2) is 23.1 Å². The van der Waals surface area contributed by atoms with Crippen molar-refractivity contribution in [3.05, 3.63) is 0 Å². The van der Waals surface area contributed by atoms with Crippen molar-refractivity contribution >= 4 is 27.6 Å². The van der Waals surface area contributed by atoms with Gasteiger partial charge in [0.2, 0.25) is 0 Å². The quantitative estimate of drug-likeness (QED) is 0.388.